The summed E-state index contributed by atoms with van der Waals surface area (Å²) in [6.45, 7) is -1.05. The van der Waals surface area contributed by atoms with E-state index in [-0.39, 0.29) is 5.56 Å². The molecule has 8 nitrogen and oxygen atoms in total. The van der Waals surface area contributed by atoms with Crippen molar-refractivity contribution in [1.29, 1.82) is 0 Å². The van der Waals surface area contributed by atoms with E-state index in [1.165, 1.54) is 12.4 Å². The van der Waals surface area contributed by atoms with Gasteiger partial charge in [0.25, 0.3) is 5.91 Å². The van der Waals surface area contributed by atoms with E-state index < -0.39 is 30.9 Å². The molecule has 2 rings (SSSR count). The number of aliphatic carboxylic acids is 1. The highest BCUT2D eigenvalue weighted by Gasteiger charge is 2.20. The van der Waals surface area contributed by atoms with Crippen molar-refractivity contribution in [1.82, 2.24) is 14.9 Å². The molecule has 0 spiro atoms. The summed E-state index contributed by atoms with van der Waals surface area (Å²) >= 11 is 0. The number of fused-ring (bicyclic) bond motifs is 1. The van der Waals surface area contributed by atoms with Gasteiger partial charge in [0.2, 0.25) is 5.91 Å². The topological polar surface area (TPSA) is 129 Å². The van der Waals surface area contributed by atoms with Crippen molar-refractivity contribution in [2.24, 2.45) is 5.73 Å². The minimum Gasteiger partial charge on any atom is -0.480 e. The zero-order valence-electron chi connectivity index (χ0n) is 10.4. The van der Waals surface area contributed by atoms with E-state index in [4.69, 9.17) is 10.8 Å². The molecule has 0 saturated heterocycles. The minimum atomic E-state index is -1.22. The molecule has 0 fully saturated rings. The molecule has 8 heteroatoms. The fraction of sp³-hybridized carbons (Fsp3) is 0.167. The number of nitrogens with one attached hydrogen (secondary N) is 1. The van der Waals surface area contributed by atoms with Crippen LogP contribution in [0.4, 0.5) is 0 Å². The zero-order valence-corrected chi connectivity index (χ0v) is 10.4. The Bertz CT molecular complexity index is 663. The summed E-state index contributed by atoms with van der Waals surface area (Å²) in [5.41, 5.74) is 6.60. The van der Waals surface area contributed by atoms with Crippen LogP contribution in [0.3, 0.4) is 0 Å². The van der Waals surface area contributed by atoms with Crippen LogP contribution in [0.5, 0.6) is 0 Å². The standard InChI is InChI=1S/C12H12N4O4/c13-10(17)4-16(5-11(18)19)12(20)7-1-2-8-9(3-7)15-6-14-8/h1-3,6H,4-5H2,(H2,13,17)(H,14,15)(H,18,19). The van der Waals surface area contributed by atoms with E-state index in [0.717, 1.165) is 4.90 Å². The Morgan fingerprint density at radius 2 is 2.05 bits per heavy atom. The Balaban J connectivity index is 2.29. The smallest absolute Gasteiger partial charge is 0.323 e. The van der Waals surface area contributed by atoms with Crippen molar-refractivity contribution < 1.29 is 19.5 Å². The number of imidazole rings is 1. The normalized spacial score (nSPS) is 10.4. The second kappa shape index (κ2) is 5.39. The molecule has 4 N–H and O–H groups in total. The number of benzene rings is 1. The molecule has 0 unspecified atom stereocenters. The van der Waals surface area contributed by atoms with E-state index in [2.05, 4.69) is 9.97 Å². The number of primary amides is 1. The number of carboxylic acid groups (broad SMARTS) is 1. The molecule has 104 valence electrons. The Morgan fingerprint density at radius 1 is 1.30 bits per heavy atom. The van der Waals surface area contributed by atoms with Crippen LogP contribution >= 0.6 is 0 Å². The van der Waals surface area contributed by atoms with Crippen LogP contribution in [-0.4, -0.2) is 50.8 Å². The Morgan fingerprint density at radius 3 is 2.70 bits per heavy atom. The zero-order chi connectivity index (χ0) is 14.7. The maximum atomic E-state index is 12.2. The van der Waals surface area contributed by atoms with Gasteiger partial charge in [0.1, 0.15) is 13.1 Å². The lowest BCUT2D eigenvalue weighted by Crippen LogP contribution is -2.41. The van der Waals surface area contributed by atoms with Crippen LogP contribution in [0.1, 0.15) is 10.4 Å². The number of rotatable bonds is 5. The first kappa shape index (κ1) is 13.5. The predicted molar refractivity (Wildman–Crippen MR) is 68.8 cm³/mol. The molecular formula is C12H12N4O4. The highest BCUT2D eigenvalue weighted by atomic mass is 16.4. The third kappa shape index (κ3) is 2.91. The Labute approximate surface area is 113 Å². The molecule has 0 saturated carbocycles. The van der Waals surface area contributed by atoms with Crippen LogP contribution in [0.15, 0.2) is 24.5 Å². The van der Waals surface area contributed by atoms with E-state index in [1.807, 2.05) is 0 Å². The number of carbonyl (C=O) groups is 3. The van der Waals surface area contributed by atoms with Gasteiger partial charge in [0, 0.05) is 5.56 Å². The van der Waals surface area contributed by atoms with Gasteiger partial charge >= 0.3 is 5.97 Å². The molecule has 0 atom stereocenters. The monoisotopic (exact) mass is 276 g/mol. The van der Waals surface area contributed by atoms with Crippen molar-refractivity contribution >= 4 is 28.8 Å². The molecule has 0 radical (unpaired) electrons. The van der Waals surface area contributed by atoms with Crippen LogP contribution in [0.2, 0.25) is 0 Å². The van der Waals surface area contributed by atoms with Gasteiger partial charge in [-0.25, -0.2) is 4.98 Å². The molecule has 2 aromatic rings. The van der Waals surface area contributed by atoms with Gasteiger partial charge in [0.05, 0.1) is 17.4 Å². The number of aromatic amines is 1. The Hall–Kier alpha value is -2.90. The third-order valence-electron chi connectivity index (χ3n) is 2.63. The number of hydrogen-bond donors (Lipinski definition) is 3. The van der Waals surface area contributed by atoms with Crippen molar-refractivity contribution in [2.45, 2.75) is 0 Å². The van der Waals surface area contributed by atoms with Gasteiger partial charge in [-0.1, -0.05) is 0 Å². The summed E-state index contributed by atoms with van der Waals surface area (Å²) in [4.78, 5) is 41.6. The van der Waals surface area contributed by atoms with Crippen molar-refractivity contribution in [3.63, 3.8) is 0 Å². The summed E-state index contributed by atoms with van der Waals surface area (Å²) < 4.78 is 0. The van der Waals surface area contributed by atoms with Crippen molar-refractivity contribution in [3.05, 3.63) is 30.1 Å². The molecular weight excluding hydrogens is 264 g/mol. The van der Waals surface area contributed by atoms with Crippen LogP contribution < -0.4 is 5.73 Å². The number of nitrogens with two attached hydrogens (primary N) is 1. The second-order valence-corrected chi connectivity index (χ2v) is 4.16. The van der Waals surface area contributed by atoms with Gasteiger partial charge in [-0.15, -0.1) is 0 Å². The molecule has 1 aromatic carbocycles. The number of hydrogen-bond acceptors (Lipinski definition) is 4. The lowest BCUT2D eigenvalue weighted by molar-refractivity contribution is -0.138. The number of amides is 2. The molecule has 0 aliphatic heterocycles. The molecule has 0 aliphatic rings. The van der Waals surface area contributed by atoms with E-state index in [9.17, 15) is 14.4 Å². The SMILES string of the molecule is NC(=O)CN(CC(=O)O)C(=O)c1ccc2nc[nH]c2c1. The second-order valence-electron chi connectivity index (χ2n) is 4.16. The predicted octanol–water partition coefficient (Wildman–Crippen LogP) is -0.425. The number of aromatic nitrogens is 2. The first-order valence-corrected chi connectivity index (χ1v) is 5.70. The van der Waals surface area contributed by atoms with Gasteiger partial charge in [-0.2, -0.15) is 0 Å². The number of H-pyrrole nitrogens is 1. The molecule has 1 aromatic heterocycles. The van der Waals surface area contributed by atoms with Crippen LogP contribution in [0, 0.1) is 0 Å². The maximum Gasteiger partial charge on any atom is 0.323 e. The number of nitrogens with zero attached hydrogens (tertiary/aromatic N) is 2. The maximum absolute atomic E-state index is 12.2. The summed E-state index contributed by atoms with van der Waals surface area (Å²) in [6, 6.07) is 4.68. The fourth-order valence-corrected chi connectivity index (χ4v) is 1.80. The highest BCUT2D eigenvalue weighted by Crippen LogP contribution is 2.13. The van der Waals surface area contributed by atoms with Gasteiger partial charge in [0.15, 0.2) is 0 Å². The van der Waals surface area contributed by atoms with Gasteiger partial charge in [-0.05, 0) is 18.2 Å². The average molecular weight is 276 g/mol. The first-order valence-electron chi connectivity index (χ1n) is 5.70. The molecule has 20 heavy (non-hydrogen) atoms. The van der Waals surface area contributed by atoms with Gasteiger partial charge < -0.3 is 20.7 Å². The molecule has 0 bridgehead atoms. The van der Waals surface area contributed by atoms with Gasteiger partial charge in [-0.3, -0.25) is 14.4 Å². The summed E-state index contributed by atoms with van der Waals surface area (Å²) in [7, 11) is 0. The summed E-state index contributed by atoms with van der Waals surface area (Å²) in [6.07, 6.45) is 1.48. The summed E-state index contributed by atoms with van der Waals surface area (Å²) in [5.74, 6) is -2.58. The third-order valence-corrected chi connectivity index (χ3v) is 2.63. The van der Waals surface area contributed by atoms with Crippen LogP contribution in [0.25, 0.3) is 11.0 Å². The van der Waals surface area contributed by atoms with Crippen LogP contribution in [-0.2, 0) is 9.59 Å². The average Bonchev–Trinajstić information content (AvgIpc) is 2.83. The first-order chi connectivity index (χ1) is 9.47. The number of carbonyl (C=O) groups excluding carboxylic acids is 2. The highest BCUT2D eigenvalue weighted by molar-refractivity contribution is 6.00. The molecule has 0 aliphatic carbocycles. The fourth-order valence-electron chi connectivity index (χ4n) is 1.80. The molecule has 2 amide bonds. The lowest BCUT2D eigenvalue weighted by Gasteiger charge is -2.18. The minimum absolute atomic E-state index is 0.254. The largest absolute Gasteiger partial charge is 0.480 e. The quantitative estimate of drug-likeness (QED) is 0.682. The lowest BCUT2D eigenvalue weighted by atomic mass is 10.1. The van der Waals surface area contributed by atoms with E-state index in [0.29, 0.717) is 11.0 Å². The number of carboxylic acids is 1. The summed E-state index contributed by atoms with van der Waals surface area (Å²) in [5, 5.41) is 8.77. The van der Waals surface area contributed by atoms with E-state index >= 15 is 0 Å². The Kier molecular flexibility index (Phi) is 3.65. The van der Waals surface area contributed by atoms with Crippen molar-refractivity contribution in [2.75, 3.05) is 13.1 Å². The van der Waals surface area contributed by atoms with Crippen molar-refractivity contribution in [3.8, 4) is 0 Å². The van der Waals surface area contributed by atoms with E-state index in [1.54, 1.807) is 12.1 Å². The molecule has 1 heterocycles.